The molecule has 0 amide bonds. The minimum atomic E-state index is -0.157. The van der Waals surface area contributed by atoms with Crippen LogP contribution in [0.5, 0.6) is 0 Å². The molecule has 1 aromatic rings. The highest BCUT2D eigenvalue weighted by atomic mass is 79.9. The van der Waals surface area contributed by atoms with Crippen LogP contribution in [0.3, 0.4) is 0 Å². The van der Waals surface area contributed by atoms with Crippen LogP contribution in [-0.2, 0) is 9.53 Å². The van der Waals surface area contributed by atoms with Gasteiger partial charge >= 0.3 is 5.97 Å². The number of halogens is 1. The fraction of sp³-hybridized carbons (Fsp3) is 0.250. The SMILES string of the molecule is CC(Br)=C1CC(c2ccccc2)C(=O)O1. The fourth-order valence-electron chi connectivity index (χ4n) is 1.65. The highest BCUT2D eigenvalue weighted by molar-refractivity contribution is 9.11. The van der Waals surface area contributed by atoms with E-state index in [9.17, 15) is 4.79 Å². The minimum absolute atomic E-state index is 0.145. The third kappa shape index (κ3) is 2.12. The molecule has 0 saturated carbocycles. The highest BCUT2D eigenvalue weighted by Crippen LogP contribution is 2.35. The van der Waals surface area contributed by atoms with Gasteiger partial charge in [0, 0.05) is 10.9 Å². The molecule has 2 rings (SSSR count). The van der Waals surface area contributed by atoms with Crippen LogP contribution in [0.1, 0.15) is 24.8 Å². The second kappa shape index (κ2) is 4.19. The third-order valence-electron chi connectivity index (χ3n) is 2.48. The zero-order valence-corrected chi connectivity index (χ0v) is 9.95. The Morgan fingerprint density at radius 2 is 2.07 bits per heavy atom. The summed E-state index contributed by atoms with van der Waals surface area (Å²) in [4.78, 5) is 11.6. The Morgan fingerprint density at radius 3 is 2.60 bits per heavy atom. The van der Waals surface area contributed by atoms with Gasteiger partial charge in [-0.05, 0) is 12.5 Å². The summed E-state index contributed by atoms with van der Waals surface area (Å²) in [5.74, 6) is 0.442. The van der Waals surface area contributed by atoms with Crippen LogP contribution >= 0.6 is 15.9 Å². The number of ether oxygens (including phenoxy) is 1. The number of cyclic esters (lactones) is 1. The number of rotatable bonds is 1. The van der Waals surface area contributed by atoms with Crippen LogP contribution in [0.15, 0.2) is 40.6 Å². The Bertz CT molecular complexity index is 405. The minimum Gasteiger partial charge on any atom is -0.430 e. The van der Waals surface area contributed by atoms with Crippen LogP contribution < -0.4 is 0 Å². The number of esters is 1. The molecule has 1 heterocycles. The van der Waals surface area contributed by atoms with Gasteiger partial charge < -0.3 is 4.74 Å². The number of benzene rings is 1. The van der Waals surface area contributed by atoms with E-state index < -0.39 is 0 Å². The first-order valence-corrected chi connectivity index (χ1v) is 5.59. The summed E-state index contributed by atoms with van der Waals surface area (Å²) in [6.07, 6.45) is 0.653. The molecule has 0 aromatic heterocycles. The van der Waals surface area contributed by atoms with E-state index >= 15 is 0 Å². The predicted octanol–water partition coefficient (Wildman–Crippen LogP) is 3.34. The van der Waals surface area contributed by atoms with E-state index in [0.29, 0.717) is 6.42 Å². The van der Waals surface area contributed by atoms with Crippen LogP contribution in [-0.4, -0.2) is 5.97 Å². The first kappa shape index (κ1) is 10.4. The summed E-state index contributed by atoms with van der Waals surface area (Å²) in [6.45, 7) is 1.88. The van der Waals surface area contributed by atoms with E-state index in [0.717, 1.165) is 15.8 Å². The Hall–Kier alpha value is -1.09. The largest absolute Gasteiger partial charge is 0.430 e. The van der Waals surface area contributed by atoms with Crippen molar-refractivity contribution in [3.05, 3.63) is 46.1 Å². The van der Waals surface area contributed by atoms with Gasteiger partial charge in [-0.2, -0.15) is 0 Å². The van der Waals surface area contributed by atoms with Crippen molar-refractivity contribution >= 4 is 21.9 Å². The van der Waals surface area contributed by atoms with Gasteiger partial charge in [-0.25, -0.2) is 0 Å². The summed E-state index contributed by atoms with van der Waals surface area (Å²) in [5.41, 5.74) is 1.02. The Morgan fingerprint density at radius 1 is 1.40 bits per heavy atom. The maximum Gasteiger partial charge on any atom is 0.318 e. The second-order valence-electron chi connectivity index (χ2n) is 3.55. The maximum absolute atomic E-state index is 11.6. The molecule has 0 aliphatic carbocycles. The van der Waals surface area contributed by atoms with Crippen molar-refractivity contribution in [3.63, 3.8) is 0 Å². The van der Waals surface area contributed by atoms with Gasteiger partial charge in [0.1, 0.15) is 5.76 Å². The van der Waals surface area contributed by atoms with Crippen LogP contribution in [0.25, 0.3) is 0 Å². The number of allylic oxidation sites excluding steroid dienone is 2. The zero-order chi connectivity index (χ0) is 10.8. The number of carbonyl (C=O) groups excluding carboxylic acids is 1. The summed E-state index contributed by atoms with van der Waals surface area (Å²) in [5, 5.41) is 0. The normalized spacial score (nSPS) is 23.9. The van der Waals surface area contributed by atoms with Crippen molar-refractivity contribution in [3.8, 4) is 0 Å². The number of carbonyl (C=O) groups is 1. The smallest absolute Gasteiger partial charge is 0.318 e. The lowest BCUT2D eigenvalue weighted by atomic mass is 9.97. The summed E-state index contributed by atoms with van der Waals surface area (Å²) in [6, 6.07) is 9.73. The van der Waals surface area contributed by atoms with E-state index in [4.69, 9.17) is 4.74 Å². The molecular formula is C12H11BrO2. The molecule has 0 radical (unpaired) electrons. The summed E-state index contributed by atoms with van der Waals surface area (Å²) >= 11 is 3.33. The molecule has 0 N–H and O–H groups in total. The molecule has 0 bridgehead atoms. The lowest BCUT2D eigenvalue weighted by Gasteiger charge is -2.03. The van der Waals surface area contributed by atoms with E-state index in [2.05, 4.69) is 15.9 Å². The Labute approximate surface area is 97.1 Å². The quantitative estimate of drug-likeness (QED) is 0.729. The fourth-order valence-corrected chi connectivity index (χ4v) is 1.90. The van der Waals surface area contributed by atoms with Crippen molar-refractivity contribution in [2.75, 3.05) is 0 Å². The summed E-state index contributed by atoms with van der Waals surface area (Å²) < 4.78 is 6.08. The molecule has 1 fully saturated rings. The van der Waals surface area contributed by atoms with Gasteiger partial charge in [-0.1, -0.05) is 46.3 Å². The molecule has 2 nitrogen and oxygen atoms in total. The maximum atomic E-state index is 11.6. The van der Waals surface area contributed by atoms with Gasteiger partial charge in [0.25, 0.3) is 0 Å². The molecule has 0 spiro atoms. The standard InChI is InChI=1S/C12H11BrO2/c1-8(13)11-7-10(12(14)15-11)9-5-3-2-4-6-9/h2-6,10H,7H2,1H3. The monoisotopic (exact) mass is 266 g/mol. The molecule has 1 unspecified atom stereocenters. The third-order valence-corrected chi connectivity index (χ3v) is 2.93. The molecule has 1 aromatic carbocycles. The molecule has 15 heavy (non-hydrogen) atoms. The molecule has 1 aliphatic rings. The predicted molar refractivity (Wildman–Crippen MR) is 61.5 cm³/mol. The van der Waals surface area contributed by atoms with Crippen molar-refractivity contribution in [2.24, 2.45) is 0 Å². The van der Waals surface area contributed by atoms with Gasteiger partial charge in [0.15, 0.2) is 0 Å². The van der Waals surface area contributed by atoms with Gasteiger partial charge in [-0.3, -0.25) is 4.79 Å². The molecule has 1 saturated heterocycles. The van der Waals surface area contributed by atoms with E-state index in [-0.39, 0.29) is 11.9 Å². The van der Waals surface area contributed by atoms with Crippen LogP contribution in [0.4, 0.5) is 0 Å². The summed E-state index contributed by atoms with van der Waals surface area (Å²) in [7, 11) is 0. The van der Waals surface area contributed by atoms with E-state index in [1.165, 1.54) is 0 Å². The lowest BCUT2D eigenvalue weighted by molar-refractivity contribution is -0.136. The number of hydrogen-bond acceptors (Lipinski definition) is 2. The Balaban J connectivity index is 2.27. The van der Waals surface area contributed by atoms with Crippen molar-refractivity contribution < 1.29 is 9.53 Å². The highest BCUT2D eigenvalue weighted by Gasteiger charge is 2.32. The van der Waals surface area contributed by atoms with Crippen LogP contribution in [0, 0.1) is 0 Å². The van der Waals surface area contributed by atoms with Crippen molar-refractivity contribution in [1.29, 1.82) is 0 Å². The van der Waals surface area contributed by atoms with Gasteiger partial charge in [0.2, 0.25) is 0 Å². The lowest BCUT2D eigenvalue weighted by Crippen LogP contribution is -2.04. The average Bonchev–Trinajstić information content (AvgIpc) is 2.62. The first-order chi connectivity index (χ1) is 7.18. The molecule has 3 heteroatoms. The topological polar surface area (TPSA) is 26.3 Å². The zero-order valence-electron chi connectivity index (χ0n) is 8.37. The number of hydrogen-bond donors (Lipinski definition) is 0. The van der Waals surface area contributed by atoms with E-state index in [1.807, 2.05) is 37.3 Å². The Kier molecular flexibility index (Phi) is 2.91. The first-order valence-electron chi connectivity index (χ1n) is 4.80. The van der Waals surface area contributed by atoms with Crippen molar-refractivity contribution in [2.45, 2.75) is 19.3 Å². The van der Waals surface area contributed by atoms with Gasteiger partial charge in [0.05, 0.1) is 5.92 Å². The van der Waals surface area contributed by atoms with Crippen LogP contribution in [0.2, 0.25) is 0 Å². The van der Waals surface area contributed by atoms with Gasteiger partial charge in [-0.15, -0.1) is 0 Å². The average molecular weight is 267 g/mol. The molecular weight excluding hydrogens is 256 g/mol. The van der Waals surface area contributed by atoms with E-state index in [1.54, 1.807) is 0 Å². The van der Waals surface area contributed by atoms with Crippen molar-refractivity contribution in [1.82, 2.24) is 0 Å². The molecule has 1 aliphatic heterocycles. The molecule has 1 atom stereocenters. The molecule has 78 valence electrons. The second-order valence-corrected chi connectivity index (χ2v) is 4.73.